The van der Waals surface area contributed by atoms with Crippen molar-refractivity contribution in [3.8, 4) is 21.6 Å². The Morgan fingerprint density at radius 1 is 0.862 bits per heavy atom. The molecule has 0 spiro atoms. The summed E-state index contributed by atoms with van der Waals surface area (Å²) < 4.78 is 24.1. The van der Waals surface area contributed by atoms with Crippen LogP contribution in [-0.4, -0.2) is 14.7 Å². The molecule has 29 heavy (non-hydrogen) atoms. The highest BCUT2D eigenvalue weighted by Crippen LogP contribution is 2.37. The second kappa shape index (κ2) is 7.76. The van der Waals surface area contributed by atoms with Gasteiger partial charge in [-0.2, -0.15) is 0 Å². The molecule has 7 heteroatoms. The molecule has 0 aliphatic carbocycles. The number of thioether (sulfide) groups is 1. The average molecular weight is 440 g/mol. The van der Waals surface area contributed by atoms with Crippen LogP contribution in [0.25, 0.3) is 31.7 Å². The number of rotatable bonds is 4. The fraction of sp³-hybridized carbons (Fsp3) is 0.0455. The van der Waals surface area contributed by atoms with Gasteiger partial charge in [0.15, 0.2) is 5.43 Å². The van der Waals surface area contributed by atoms with Gasteiger partial charge in [-0.3, -0.25) is 4.79 Å². The van der Waals surface area contributed by atoms with E-state index >= 15 is 0 Å². The van der Waals surface area contributed by atoms with Crippen LogP contribution in [-0.2, 0) is 10.0 Å². The highest BCUT2D eigenvalue weighted by Gasteiger charge is 2.17. The third-order valence-corrected chi connectivity index (χ3v) is 7.51. The van der Waals surface area contributed by atoms with E-state index in [4.69, 9.17) is 5.14 Å². The molecule has 4 rings (SSSR count). The lowest BCUT2D eigenvalue weighted by molar-refractivity contribution is 0.598. The first-order valence-corrected chi connectivity index (χ1v) is 12.3. The molecule has 0 saturated heterocycles. The van der Waals surface area contributed by atoms with Crippen LogP contribution in [0.2, 0.25) is 0 Å². The zero-order chi connectivity index (χ0) is 20.6. The number of primary sulfonamides is 1. The Labute approximate surface area is 177 Å². The molecule has 0 unspecified atom stereocenters. The Morgan fingerprint density at radius 3 is 2.10 bits per heavy atom. The Bertz CT molecular complexity index is 1360. The molecule has 0 fully saturated rings. The van der Waals surface area contributed by atoms with Gasteiger partial charge in [0, 0.05) is 25.4 Å². The first-order chi connectivity index (χ1) is 13.9. The molecule has 0 saturated carbocycles. The number of hydrogen-bond donors (Lipinski definition) is 1. The van der Waals surface area contributed by atoms with Gasteiger partial charge in [-0.1, -0.05) is 36.4 Å². The summed E-state index contributed by atoms with van der Waals surface area (Å²) in [6, 6.07) is 21.7. The van der Waals surface area contributed by atoms with Crippen LogP contribution in [0.1, 0.15) is 0 Å². The predicted molar refractivity (Wildman–Crippen MR) is 122 cm³/mol. The van der Waals surface area contributed by atoms with Crippen LogP contribution < -0.4 is 10.6 Å². The van der Waals surface area contributed by atoms with Crippen molar-refractivity contribution in [3.05, 3.63) is 83.0 Å². The van der Waals surface area contributed by atoms with Gasteiger partial charge in [0.2, 0.25) is 10.0 Å². The summed E-state index contributed by atoms with van der Waals surface area (Å²) in [5.74, 6) is 0. The summed E-state index contributed by atoms with van der Waals surface area (Å²) >= 11 is 3.15. The first-order valence-electron chi connectivity index (χ1n) is 8.72. The minimum Gasteiger partial charge on any atom is -0.288 e. The van der Waals surface area contributed by atoms with E-state index in [1.165, 1.54) is 23.5 Å². The van der Waals surface area contributed by atoms with Gasteiger partial charge in [0.25, 0.3) is 0 Å². The van der Waals surface area contributed by atoms with E-state index in [2.05, 4.69) is 0 Å². The highest BCUT2D eigenvalue weighted by molar-refractivity contribution is 7.98. The van der Waals surface area contributed by atoms with Crippen molar-refractivity contribution >= 4 is 43.2 Å². The molecule has 4 nitrogen and oxygen atoms in total. The summed E-state index contributed by atoms with van der Waals surface area (Å²) in [7, 11) is -3.78. The fourth-order valence-corrected chi connectivity index (χ4v) is 5.29. The summed E-state index contributed by atoms with van der Waals surface area (Å²) in [5.41, 5.74) is 2.18. The SMILES string of the molecule is CSc1ccc(-c2c(-c3ccc(S(N)(=O)=O)cc3)sc3ccccc3c2=O)cc1. The second-order valence-corrected chi connectivity index (χ2v) is 9.92. The van der Waals surface area contributed by atoms with Crippen LogP contribution in [0.3, 0.4) is 0 Å². The number of nitrogens with two attached hydrogens (primary N) is 1. The molecule has 1 heterocycles. The minimum atomic E-state index is -3.78. The van der Waals surface area contributed by atoms with Gasteiger partial charge >= 0.3 is 0 Å². The lowest BCUT2D eigenvalue weighted by Crippen LogP contribution is -2.11. The topological polar surface area (TPSA) is 77.2 Å². The van der Waals surface area contributed by atoms with Crippen LogP contribution in [0, 0.1) is 0 Å². The molecule has 3 aromatic carbocycles. The molecule has 1 aromatic heterocycles. The first kappa shape index (κ1) is 19.8. The summed E-state index contributed by atoms with van der Waals surface area (Å²) in [6.45, 7) is 0. The molecule has 0 amide bonds. The fourth-order valence-electron chi connectivity index (χ4n) is 3.16. The number of fused-ring (bicyclic) bond motifs is 1. The van der Waals surface area contributed by atoms with E-state index in [0.29, 0.717) is 10.9 Å². The van der Waals surface area contributed by atoms with E-state index in [0.717, 1.165) is 25.6 Å². The summed E-state index contributed by atoms with van der Waals surface area (Å²) in [5, 5.41) is 5.89. The molecule has 0 aliphatic heterocycles. The van der Waals surface area contributed by atoms with Crippen molar-refractivity contribution in [2.45, 2.75) is 9.79 Å². The van der Waals surface area contributed by atoms with Crippen molar-refractivity contribution in [1.29, 1.82) is 0 Å². The van der Waals surface area contributed by atoms with Gasteiger partial charge in [0.1, 0.15) is 0 Å². The predicted octanol–water partition coefficient (Wildman–Crippen LogP) is 4.96. The molecular weight excluding hydrogens is 422 g/mol. The van der Waals surface area contributed by atoms with Crippen LogP contribution in [0.5, 0.6) is 0 Å². The smallest absolute Gasteiger partial charge is 0.238 e. The monoisotopic (exact) mass is 439 g/mol. The molecule has 0 aliphatic rings. The average Bonchev–Trinajstić information content (AvgIpc) is 2.73. The standard InChI is InChI=1S/C22H17NO3S3/c1-27-16-10-6-14(7-11-16)20-21(24)18-4-2-3-5-19(18)28-22(20)15-8-12-17(13-9-15)29(23,25)26/h2-13H,1H3,(H2,23,25,26). The Kier molecular flexibility index (Phi) is 5.31. The zero-order valence-corrected chi connectivity index (χ0v) is 17.9. The number of hydrogen-bond acceptors (Lipinski definition) is 5. The second-order valence-electron chi connectivity index (χ2n) is 6.43. The molecule has 146 valence electrons. The van der Waals surface area contributed by atoms with Crippen molar-refractivity contribution < 1.29 is 8.42 Å². The van der Waals surface area contributed by atoms with Crippen LogP contribution >= 0.6 is 23.1 Å². The maximum absolute atomic E-state index is 13.4. The third-order valence-electron chi connectivity index (χ3n) is 4.62. The Morgan fingerprint density at radius 2 is 1.48 bits per heavy atom. The van der Waals surface area contributed by atoms with E-state index in [1.807, 2.05) is 54.8 Å². The zero-order valence-electron chi connectivity index (χ0n) is 15.5. The molecule has 4 aromatic rings. The maximum atomic E-state index is 13.4. The van der Waals surface area contributed by atoms with Crippen molar-refractivity contribution in [2.75, 3.05) is 6.26 Å². The number of benzene rings is 3. The van der Waals surface area contributed by atoms with Gasteiger partial charge in [0.05, 0.1) is 4.90 Å². The quantitative estimate of drug-likeness (QED) is 0.456. The van der Waals surface area contributed by atoms with E-state index in [1.54, 1.807) is 23.9 Å². The largest absolute Gasteiger partial charge is 0.288 e. The molecule has 2 N–H and O–H groups in total. The third kappa shape index (κ3) is 3.86. The van der Waals surface area contributed by atoms with Crippen molar-refractivity contribution in [2.24, 2.45) is 5.14 Å². The molecular formula is C22H17NO3S3. The summed E-state index contributed by atoms with van der Waals surface area (Å²) in [6.07, 6.45) is 2.00. The lowest BCUT2D eigenvalue weighted by atomic mass is 10.0. The van der Waals surface area contributed by atoms with Crippen LogP contribution in [0.4, 0.5) is 0 Å². The molecule has 0 atom stereocenters. The van der Waals surface area contributed by atoms with Crippen LogP contribution in [0.15, 0.2) is 87.4 Å². The summed E-state index contributed by atoms with van der Waals surface area (Å²) in [4.78, 5) is 15.3. The van der Waals surface area contributed by atoms with Gasteiger partial charge in [-0.05, 0) is 53.8 Å². The van der Waals surface area contributed by atoms with Crippen molar-refractivity contribution in [3.63, 3.8) is 0 Å². The number of sulfonamides is 1. The van der Waals surface area contributed by atoms with Gasteiger partial charge in [-0.25, -0.2) is 13.6 Å². The maximum Gasteiger partial charge on any atom is 0.238 e. The van der Waals surface area contributed by atoms with Crippen molar-refractivity contribution in [1.82, 2.24) is 0 Å². The molecule has 0 radical (unpaired) electrons. The van der Waals surface area contributed by atoms with E-state index in [9.17, 15) is 13.2 Å². The van der Waals surface area contributed by atoms with E-state index in [-0.39, 0.29) is 10.3 Å². The Hall–Kier alpha value is -2.45. The lowest BCUT2D eigenvalue weighted by Gasteiger charge is -2.12. The molecule has 0 bridgehead atoms. The Balaban J connectivity index is 2.00. The minimum absolute atomic E-state index is 0.0400. The highest BCUT2D eigenvalue weighted by atomic mass is 32.2. The van der Waals surface area contributed by atoms with Gasteiger partial charge < -0.3 is 0 Å². The normalized spacial score (nSPS) is 11.7. The van der Waals surface area contributed by atoms with Gasteiger partial charge in [-0.15, -0.1) is 23.1 Å². The van der Waals surface area contributed by atoms with E-state index < -0.39 is 10.0 Å².